The molecule has 0 aliphatic rings. The summed E-state index contributed by atoms with van der Waals surface area (Å²) in [4.78, 5) is 48.6. The minimum atomic E-state index is -4.79. The van der Waals surface area contributed by atoms with Gasteiger partial charge in [-0.25, -0.2) is 4.57 Å². The molecule has 0 aromatic rings. The predicted molar refractivity (Wildman–Crippen MR) is 325 cm³/mol. The number of aliphatic hydroxyl groups is 1. The van der Waals surface area contributed by atoms with Gasteiger partial charge in [0, 0.05) is 12.8 Å². The van der Waals surface area contributed by atoms with Crippen molar-refractivity contribution in [1.82, 2.24) is 0 Å². The van der Waals surface area contributed by atoms with Crippen LogP contribution in [0.5, 0.6) is 0 Å². The summed E-state index contributed by atoms with van der Waals surface area (Å²) in [6.45, 7) is 4.25. The van der Waals surface area contributed by atoms with Crippen LogP contribution in [0.25, 0.3) is 0 Å². The summed E-state index contributed by atoms with van der Waals surface area (Å²) in [5.74, 6) is -1.64. The number of unbranched alkanes of at least 4 members (excludes halogenated alkanes) is 16. The van der Waals surface area contributed by atoms with Gasteiger partial charge >= 0.3 is 25.7 Å². The Hall–Kier alpha value is -4.38. The molecular weight excluding hydrogens is 1000 g/mol. The first-order valence-electron chi connectivity index (χ1n) is 30.1. The van der Waals surface area contributed by atoms with Crippen LogP contribution in [0.3, 0.4) is 0 Å². The van der Waals surface area contributed by atoms with Crippen LogP contribution in [0.1, 0.15) is 226 Å². The van der Waals surface area contributed by atoms with Crippen molar-refractivity contribution >= 4 is 25.7 Å². The van der Waals surface area contributed by atoms with Crippen LogP contribution in [-0.2, 0) is 42.2 Å². The summed E-state index contributed by atoms with van der Waals surface area (Å²) in [5.41, 5.74) is 0. The molecule has 3 unspecified atom stereocenters. The molecule has 442 valence electrons. The monoisotopic (exact) mass is 1110 g/mol. The smallest absolute Gasteiger partial charge is 0.462 e. The van der Waals surface area contributed by atoms with Gasteiger partial charge in [-0.15, -0.1) is 0 Å². The van der Waals surface area contributed by atoms with Gasteiger partial charge in [0.2, 0.25) is 0 Å². The molecule has 0 saturated heterocycles. The van der Waals surface area contributed by atoms with E-state index in [2.05, 4.69) is 130 Å². The maximum Gasteiger partial charge on any atom is 0.472 e. The lowest BCUT2D eigenvalue weighted by Gasteiger charge is -2.21. The molecule has 0 rings (SSSR count). The highest BCUT2D eigenvalue weighted by Crippen LogP contribution is 2.43. The zero-order valence-corrected chi connectivity index (χ0v) is 49.7. The molecule has 78 heavy (non-hydrogen) atoms. The average Bonchev–Trinajstić information content (AvgIpc) is 3.43. The molecule has 2 N–H and O–H groups in total. The first kappa shape index (κ1) is 73.6. The van der Waals surface area contributed by atoms with Crippen LogP contribution in [0.15, 0.2) is 134 Å². The molecule has 12 heteroatoms. The molecule has 0 aliphatic heterocycles. The van der Waals surface area contributed by atoms with E-state index in [-0.39, 0.29) is 25.9 Å². The van der Waals surface area contributed by atoms with Crippen LogP contribution >= 0.6 is 7.82 Å². The Kier molecular flexibility index (Phi) is 55.5. The van der Waals surface area contributed by atoms with E-state index in [1.165, 1.54) is 38.5 Å². The fourth-order valence-electron chi connectivity index (χ4n) is 7.57. The van der Waals surface area contributed by atoms with Crippen molar-refractivity contribution in [1.29, 1.82) is 0 Å². The van der Waals surface area contributed by atoms with E-state index >= 15 is 0 Å². The number of carbonyl (C=O) groups is 3. The molecule has 0 saturated carbocycles. The molecule has 0 aromatic heterocycles. The number of hydrogen-bond acceptors (Lipinski definition) is 10. The fourth-order valence-corrected chi connectivity index (χ4v) is 8.35. The Balaban J connectivity index is 4.86. The van der Waals surface area contributed by atoms with E-state index in [1.807, 2.05) is 18.2 Å². The highest BCUT2D eigenvalue weighted by atomic mass is 31.2. The number of phosphoric acid groups is 1. The third-order valence-electron chi connectivity index (χ3n) is 12.1. The van der Waals surface area contributed by atoms with E-state index in [0.29, 0.717) is 19.3 Å². The standard InChI is InChI=1S/C66H107O11P/c1-4-7-10-13-16-19-22-25-28-30-31-33-36-39-42-45-48-51-54-57-66(70)77-63(59-73-64(68)55-52-49-46-43-40-37-35-32-29-26-23-20-17-14-11-8-5-2)61-75-78(71,72)74-60-62(58-67)76-65(69)56-53-50-47-44-41-38-34-27-24-21-18-15-12-9-6-3/h8-9,11-12,16-21,25-29,31,33-34,41,44,50,53,62-63,67H,4-7,10,13-15,22-24,30,32,35-40,42-43,45-49,51-52,54-61H2,1-3H3,(H,71,72)/b11-8-,12-9-,19-16-,20-17-,21-18-,28-25-,29-26-,33-31-,34-27-,44-41-,53-50-. The zero-order valence-electron chi connectivity index (χ0n) is 48.8. The highest BCUT2D eigenvalue weighted by Gasteiger charge is 2.28. The largest absolute Gasteiger partial charge is 0.472 e. The summed E-state index contributed by atoms with van der Waals surface area (Å²) >= 11 is 0. The second-order valence-corrected chi connectivity index (χ2v) is 20.9. The number of aliphatic hydroxyl groups excluding tert-OH is 1. The molecule has 0 radical (unpaired) electrons. The van der Waals surface area contributed by atoms with Gasteiger partial charge in [0.1, 0.15) is 12.7 Å². The summed E-state index contributed by atoms with van der Waals surface area (Å²) in [7, 11) is -4.79. The molecule has 0 heterocycles. The number of hydrogen-bond donors (Lipinski definition) is 2. The number of rotatable bonds is 54. The topological polar surface area (TPSA) is 155 Å². The minimum absolute atomic E-state index is 0.0630. The van der Waals surface area contributed by atoms with Crippen molar-refractivity contribution in [3.63, 3.8) is 0 Å². The average molecular weight is 1110 g/mol. The zero-order chi connectivity index (χ0) is 56.9. The molecule has 0 spiro atoms. The predicted octanol–water partition coefficient (Wildman–Crippen LogP) is 18.1. The summed E-state index contributed by atoms with van der Waals surface area (Å²) < 4.78 is 39.5. The summed E-state index contributed by atoms with van der Waals surface area (Å²) in [6, 6.07) is 0. The Morgan fingerprint density at radius 3 is 1.13 bits per heavy atom. The van der Waals surface area contributed by atoms with Gasteiger partial charge in [0.05, 0.1) is 26.2 Å². The fraction of sp³-hybridized carbons (Fsp3) is 0.621. The van der Waals surface area contributed by atoms with Crippen LogP contribution in [0.4, 0.5) is 0 Å². The number of carbonyl (C=O) groups excluding carboxylic acids is 3. The lowest BCUT2D eigenvalue weighted by Crippen LogP contribution is -2.30. The quantitative estimate of drug-likeness (QED) is 0.0197. The van der Waals surface area contributed by atoms with Gasteiger partial charge in [-0.1, -0.05) is 225 Å². The SMILES string of the molecule is CC/C=C\C/C=C\C/C=C\C/C=C\C/C=C\CC(=O)OC(CO)COP(=O)(O)OCC(COC(=O)CCCCCCCCC/C=C\C/C=C\C/C=C\CC)OC(=O)CCCCCCCC/C=C\C/C=C\C/C=C\CCCCC. The number of allylic oxidation sites excluding steroid dienone is 21. The Morgan fingerprint density at radius 2 is 0.718 bits per heavy atom. The minimum Gasteiger partial charge on any atom is -0.462 e. The van der Waals surface area contributed by atoms with Crippen molar-refractivity contribution < 1.29 is 52.2 Å². The van der Waals surface area contributed by atoms with Gasteiger partial charge in [-0.2, -0.15) is 0 Å². The highest BCUT2D eigenvalue weighted by molar-refractivity contribution is 7.47. The van der Waals surface area contributed by atoms with Gasteiger partial charge in [0.25, 0.3) is 0 Å². The van der Waals surface area contributed by atoms with Crippen LogP contribution < -0.4 is 0 Å². The van der Waals surface area contributed by atoms with E-state index in [9.17, 15) is 28.9 Å². The number of esters is 3. The molecule has 3 atom stereocenters. The molecule has 0 bridgehead atoms. The van der Waals surface area contributed by atoms with Crippen molar-refractivity contribution in [2.45, 2.75) is 238 Å². The lowest BCUT2D eigenvalue weighted by molar-refractivity contribution is -0.161. The molecule has 0 aliphatic carbocycles. The summed E-state index contributed by atoms with van der Waals surface area (Å²) in [6.07, 6.45) is 74.3. The third-order valence-corrected chi connectivity index (χ3v) is 13.0. The van der Waals surface area contributed by atoms with Crippen molar-refractivity contribution in [3.8, 4) is 0 Å². The second-order valence-electron chi connectivity index (χ2n) is 19.4. The van der Waals surface area contributed by atoms with Crippen LogP contribution in [0.2, 0.25) is 0 Å². The van der Waals surface area contributed by atoms with Crippen LogP contribution in [0, 0.1) is 0 Å². The lowest BCUT2D eigenvalue weighted by atomic mass is 10.1. The number of phosphoric ester groups is 1. The first-order chi connectivity index (χ1) is 38.2. The van der Waals surface area contributed by atoms with E-state index in [4.69, 9.17) is 23.3 Å². The van der Waals surface area contributed by atoms with Crippen LogP contribution in [-0.4, -0.2) is 66.5 Å². The van der Waals surface area contributed by atoms with E-state index in [1.54, 1.807) is 6.08 Å². The number of ether oxygens (including phenoxy) is 3. The summed E-state index contributed by atoms with van der Waals surface area (Å²) in [5, 5.41) is 9.81. The second kappa shape index (κ2) is 58.8. The normalized spacial score (nSPS) is 14.3. The van der Waals surface area contributed by atoms with Crippen molar-refractivity contribution in [2.75, 3.05) is 26.4 Å². The van der Waals surface area contributed by atoms with E-state index in [0.717, 1.165) is 128 Å². The van der Waals surface area contributed by atoms with Gasteiger partial charge in [0.15, 0.2) is 6.10 Å². The van der Waals surface area contributed by atoms with Gasteiger partial charge < -0.3 is 24.2 Å². The van der Waals surface area contributed by atoms with Gasteiger partial charge in [-0.05, 0) is 116 Å². The maximum atomic E-state index is 12.9. The maximum absolute atomic E-state index is 12.9. The molecule has 0 fully saturated rings. The van der Waals surface area contributed by atoms with Crippen molar-refractivity contribution in [3.05, 3.63) is 134 Å². The first-order valence-corrected chi connectivity index (χ1v) is 31.6. The Labute approximate surface area is 474 Å². The Morgan fingerprint density at radius 1 is 0.385 bits per heavy atom. The van der Waals surface area contributed by atoms with Gasteiger partial charge in [-0.3, -0.25) is 23.4 Å². The Bertz CT molecular complexity index is 1820. The molecule has 0 amide bonds. The van der Waals surface area contributed by atoms with Crippen molar-refractivity contribution in [2.24, 2.45) is 0 Å². The van der Waals surface area contributed by atoms with E-state index < -0.39 is 57.8 Å². The third kappa shape index (κ3) is 56.3. The molecular formula is C66H107O11P. The molecule has 0 aromatic carbocycles. The molecule has 11 nitrogen and oxygen atoms in total.